The molecule has 0 aliphatic heterocycles. The van der Waals surface area contributed by atoms with Gasteiger partial charge in [-0.1, -0.05) is 31.9 Å². The standard InChI is InChI=1S/C10H6Br2N2/c11-8-3-7(4-9(12)5-8)10-1-2-13-6-14-10/h1-6H. The van der Waals surface area contributed by atoms with Crippen LogP contribution < -0.4 is 0 Å². The molecule has 70 valence electrons. The molecule has 2 rings (SSSR count). The van der Waals surface area contributed by atoms with Gasteiger partial charge in [0.1, 0.15) is 6.33 Å². The Morgan fingerprint density at radius 3 is 2.29 bits per heavy atom. The highest BCUT2D eigenvalue weighted by molar-refractivity contribution is 9.11. The predicted molar refractivity (Wildman–Crippen MR) is 62.9 cm³/mol. The maximum Gasteiger partial charge on any atom is 0.116 e. The summed E-state index contributed by atoms with van der Waals surface area (Å²) in [6.07, 6.45) is 3.28. The van der Waals surface area contributed by atoms with Crippen LogP contribution in [0, 0.1) is 0 Å². The number of aromatic nitrogens is 2. The second-order valence-corrected chi connectivity index (χ2v) is 4.58. The van der Waals surface area contributed by atoms with Crippen molar-refractivity contribution >= 4 is 31.9 Å². The fraction of sp³-hybridized carbons (Fsp3) is 0. The number of hydrogen-bond donors (Lipinski definition) is 0. The highest BCUT2D eigenvalue weighted by atomic mass is 79.9. The van der Waals surface area contributed by atoms with Crippen molar-refractivity contribution in [2.45, 2.75) is 0 Å². The molecular formula is C10H6Br2N2. The van der Waals surface area contributed by atoms with Gasteiger partial charge in [-0.2, -0.15) is 0 Å². The molecular weight excluding hydrogens is 308 g/mol. The summed E-state index contributed by atoms with van der Waals surface area (Å²) in [7, 11) is 0. The minimum absolute atomic E-state index is 0.919. The lowest BCUT2D eigenvalue weighted by molar-refractivity contribution is 1.17. The average Bonchev–Trinajstić information content (AvgIpc) is 2.18. The molecule has 0 fully saturated rings. The van der Waals surface area contributed by atoms with Crippen molar-refractivity contribution in [2.75, 3.05) is 0 Å². The molecule has 0 unspecified atom stereocenters. The lowest BCUT2D eigenvalue weighted by Crippen LogP contribution is -1.83. The van der Waals surface area contributed by atoms with Crippen LogP contribution in [0.5, 0.6) is 0 Å². The van der Waals surface area contributed by atoms with Crippen LogP contribution in [0.15, 0.2) is 45.7 Å². The fourth-order valence-corrected chi connectivity index (χ4v) is 2.46. The number of halogens is 2. The largest absolute Gasteiger partial charge is 0.245 e. The minimum Gasteiger partial charge on any atom is -0.245 e. The molecule has 0 aliphatic rings. The van der Waals surface area contributed by atoms with Crippen LogP contribution in [0.3, 0.4) is 0 Å². The smallest absolute Gasteiger partial charge is 0.116 e. The molecule has 0 amide bonds. The topological polar surface area (TPSA) is 25.8 Å². The third-order valence-corrected chi connectivity index (χ3v) is 2.66. The van der Waals surface area contributed by atoms with Gasteiger partial charge in [0.2, 0.25) is 0 Å². The Hall–Kier alpha value is -0.740. The summed E-state index contributed by atoms with van der Waals surface area (Å²) in [5.41, 5.74) is 1.98. The minimum atomic E-state index is 0.919. The van der Waals surface area contributed by atoms with E-state index in [1.165, 1.54) is 0 Å². The van der Waals surface area contributed by atoms with E-state index in [9.17, 15) is 0 Å². The molecule has 0 spiro atoms. The molecule has 2 nitrogen and oxygen atoms in total. The number of nitrogens with zero attached hydrogens (tertiary/aromatic N) is 2. The first-order chi connectivity index (χ1) is 6.75. The SMILES string of the molecule is Brc1cc(Br)cc(-c2ccncn2)c1. The molecule has 0 saturated carbocycles. The summed E-state index contributed by atoms with van der Waals surface area (Å²) in [4.78, 5) is 8.06. The van der Waals surface area contributed by atoms with E-state index in [-0.39, 0.29) is 0 Å². The van der Waals surface area contributed by atoms with Crippen LogP contribution >= 0.6 is 31.9 Å². The molecule has 0 atom stereocenters. The van der Waals surface area contributed by atoms with Crippen molar-refractivity contribution < 1.29 is 0 Å². The van der Waals surface area contributed by atoms with Crippen molar-refractivity contribution in [1.29, 1.82) is 0 Å². The Morgan fingerprint density at radius 2 is 1.71 bits per heavy atom. The molecule has 0 aliphatic carbocycles. The average molecular weight is 314 g/mol. The normalized spacial score (nSPS) is 10.1. The fourth-order valence-electron chi connectivity index (χ4n) is 1.16. The third kappa shape index (κ3) is 2.19. The van der Waals surface area contributed by atoms with Gasteiger partial charge in [0.15, 0.2) is 0 Å². The first kappa shape index (κ1) is 9.80. The molecule has 0 saturated heterocycles. The zero-order chi connectivity index (χ0) is 9.97. The summed E-state index contributed by atoms with van der Waals surface area (Å²) >= 11 is 6.87. The van der Waals surface area contributed by atoms with Crippen LogP contribution in [-0.2, 0) is 0 Å². The summed E-state index contributed by atoms with van der Waals surface area (Å²) in [5, 5.41) is 0. The molecule has 2 aromatic rings. The molecule has 0 radical (unpaired) electrons. The molecule has 0 bridgehead atoms. The first-order valence-corrected chi connectivity index (χ1v) is 5.57. The van der Waals surface area contributed by atoms with Crippen molar-refractivity contribution in [2.24, 2.45) is 0 Å². The van der Waals surface area contributed by atoms with E-state index in [0.29, 0.717) is 0 Å². The van der Waals surface area contributed by atoms with Crippen LogP contribution in [-0.4, -0.2) is 9.97 Å². The maximum absolute atomic E-state index is 4.18. The van der Waals surface area contributed by atoms with Gasteiger partial charge in [0.25, 0.3) is 0 Å². The number of hydrogen-bond acceptors (Lipinski definition) is 2. The highest BCUT2D eigenvalue weighted by Gasteiger charge is 2.00. The Labute approximate surface area is 98.7 Å². The van der Waals surface area contributed by atoms with Gasteiger partial charge in [-0.25, -0.2) is 9.97 Å². The molecule has 0 N–H and O–H groups in total. The van der Waals surface area contributed by atoms with Crippen molar-refractivity contribution in [3.63, 3.8) is 0 Å². The van der Waals surface area contributed by atoms with Gasteiger partial charge >= 0.3 is 0 Å². The lowest BCUT2D eigenvalue weighted by Gasteiger charge is -2.01. The highest BCUT2D eigenvalue weighted by Crippen LogP contribution is 2.25. The van der Waals surface area contributed by atoms with E-state index in [0.717, 1.165) is 20.2 Å². The van der Waals surface area contributed by atoms with Crippen LogP contribution in [0.2, 0.25) is 0 Å². The first-order valence-electron chi connectivity index (χ1n) is 3.98. The van der Waals surface area contributed by atoms with Gasteiger partial charge in [0, 0.05) is 20.7 Å². The van der Waals surface area contributed by atoms with E-state index in [2.05, 4.69) is 41.8 Å². The van der Waals surface area contributed by atoms with Gasteiger partial charge in [0.05, 0.1) is 5.69 Å². The Balaban J connectivity index is 2.52. The van der Waals surface area contributed by atoms with E-state index in [1.807, 2.05) is 24.3 Å². The molecule has 1 aromatic heterocycles. The van der Waals surface area contributed by atoms with Crippen molar-refractivity contribution in [3.8, 4) is 11.3 Å². The van der Waals surface area contributed by atoms with Crippen LogP contribution in [0.4, 0.5) is 0 Å². The van der Waals surface area contributed by atoms with E-state index >= 15 is 0 Å². The zero-order valence-corrected chi connectivity index (χ0v) is 10.3. The molecule has 4 heteroatoms. The van der Waals surface area contributed by atoms with Crippen molar-refractivity contribution in [3.05, 3.63) is 45.7 Å². The monoisotopic (exact) mass is 312 g/mol. The van der Waals surface area contributed by atoms with Gasteiger partial charge in [-0.05, 0) is 24.3 Å². The lowest BCUT2D eigenvalue weighted by atomic mass is 10.1. The van der Waals surface area contributed by atoms with Gasteiger partial charge < -0.3 is 0 Å². The van der Waals surface area contributed by atoms with Crippen LogP contribution in [0.25, 0.3) is 11.3 Å². The van der Waals surface area contributed by atoms with E-state index in [1.54, 1.807) is 12.5 Å². The Morgan fingerprint density at radius 1 is 1.00 bits per heavy atom. The van der Waals surface area contributed by atoms with E-state index in [4.69, 9.17) is 0 Å². The summed E-state index contributed by atoms with van der Waals surface area (Å²) in [6, 6.07) is 7.92. The van der Waals surface area contributed by atoms with E-state index < -0.39 is 0 Å². The third-order valence-electron chi connectivity index (χ3n) is 1.74. The molecule has 14 heavy (non-hydrogen) atoms. The second kappa shape index (κ2) is 4.19. The van der Waals surface area contributed by atoms with Crippen LogP contribution in [0.1, 0.15) is 0 Å². The number of rotatable bonds is 1. The number of benzene rings is 1. The summed E-state index contributed by atoms with van der Waals surface area (Å²) < 4.78 is 2.06. The van der Waals surface area contributed by atoms with Gasteiger partial charge in [-0.15, -0.1) is 0 Å². The molecule has 1 heterocycles. The maximum atomic E-state index is 4.18. The summed E-state index contributed by atoms with van der Waals surface area (Å²) in [6.45, 7) is 0. The Bertz CT molecular complexity index is 423. The molecule has 1 aromatic carbocycles. The van der Waals surface area contributed by atoms with Crippen molar-refractivity contribution in [1.82, 2.24) is 9.97 Å². The summed E-state index contributed by atoms with van der Waals surface area (Å²) in [5.74, 6) is 0. The Kier molecular flexibility index (Phi) is 2.93. The quantitative estimate of drug-likeness (QED) is 0.803. The zero-order valence-electron chi connectivity index (χ0n) is 7.11. The second-order valence-electron chi connectivity index (χ2n) is 2.75. The predicted octanol–water partition coefficient (Wildman–Crippen LogP) is 3.67. The van der Waals surface area contributed by atoms with Gasteiger partial charge in [-0.3, -0.25) is 0 Å².